The lowest BCUT2D eigenvalue weighted by Gasteiger charge is -2.23. The van der Waals surface area contributed by atoms with E-state index in [2.05, 4.69) is 6.07 Å². The molecule has 17 heavy (non-hydrogen) atoms. The number of benzene rings is 1. The van der Waals surface area contributed by atoms with Crippen molar-refractivity contribution in [3.63, 3.8) is 0 Å². The van der Waals surface area contributed by atoms with Gasteiger partial charge in [0.2, 0.25) is 0 Å². The first kappa shape index (κ1) is 11.2. The van der Waals surface area contributed by atoms with E-state index in [-0.39, 0.29) is 0 Å². The molecule has 0 radical (unpaired) electrons. The van der Waals surface area contributed by atoms with Gasteiger partial charge in [0, 0.05) is 6.42 Å². The number of ether oxygens (including phenoxy) is 2. The van der Waals surface area contributed by atoms with Crippen LogP contribution in [0.15, 0.2) is 17.0 Å². The summed E-state index contributed by atoms with van der Waals surface area (Å²) in [5.74, 6) is 1.68. The lowest BCUT2D eigenvalue weighted by Crippen LogP contribution is -2.17. The lowest BCUT2D eigenvalue weighted by molar-refractivity contribution is 0.148. The molecule has 4 heteroatoms. The summed E-state index contributed by atoms with van der Waals surface area (Å²) in [7, 11) is 0. The zero-order valence-electron chi connectivity index (χ0n) is 9.86. The first-order valence-electron chi connectivity index (χ1n) is 5.90. The molecule has 1 aromatic carbocycles. The maximum atomic E-state index is 10.0. The van der Waals surface area contributed by atoms with Crippen molar-refractivity contribution in [2.24, 2.45) is 0 Å². The van der Waals surface area contributed by atoms with Crippen molar-refractivity contribution in [1.82, 2.24) is 0 Å². The van der Waals surface area contributed by atoms with E-state index in [0.29, 0.717) is 13.2 Å². The molecule has 1 heterocycles. The van der Waals surface area contributed by atoms with Crippen molar-refractivity contribution >= 4 is 11.8 Å². The minimum atomic E-state index is -0.464. The van der Waals surface area contributed by atoms with Gasteiger partial charge in [-0.05, 0) is 30.7 Å². The molecule has 92 valence electrons. The Morgan fingerprint density at radius 2 is 2.06 bits per heavy atom. The van der Waals surface area contributed by atoms with Gasteiger partial charge in [-0.15, -0.1) is 11.8 Å². The second kappa shape index (κ2) is 4.10. The van der Waals surface area contributed by atoms with E-state index in [1.807, 2.05) is 12.3 Å². The van der Waals surface area contributed by atoms with Crippen molar-refractivity contribution in [2.75, 3.05) is 19.5 Å². The smallest absolute Gasteiger partial charge is 0.175 e. The topological polar surface area (TPSA) is 38.7 Å². The summed E-state index contributed by atoms with van der Waals surface area (Å²) in [5, 5.41) is 10.0. The summed E-state index contributed by atoms with van der Waals surface area (Å²) in [5.41, 5.74) is 0.704. The van der Waals surface area contributed by atoms with Crippen LogP contribution in [0.2, 0.25) is 0 Å². The van der Waals surface area contributed by atoms with Gasteiger partial charge in [-0.2, -0.15) is 0 Å². The maximum absolute atomic E-state index is 10.0. The quantitative estimate of drug-likeness (QED) is 0.837. The van der Waals surface area contributed by atoms with Crippen LogP contribution in [0.1, 0.15) is 18.4 Å². The Balaban J connectivity index is 1.97. The van der Waals surface area contributed by atoms with Crippen LogP contribution in [-0.4, -0.2) is 30.2 Å². The van der Waals surface area contributed by atoms with Crippen molar-refractivity contribution in [2.45, 2.75) is 29.8 Å². The first-order chi connectivity index (χ1) is 8.22. The number of hydrogen-bond donors (Lipinski definition) is 1. The van der Waals surface area contributed by atoms with E-state index < -0.39 is 5.60 Å². The van der Waals surface area contributed by atoms with Gasteiger partial charge < -0.3 is 14.6 Å². The zero-order chi connectivity index (χ0) is 11.9. The van der Waals surface area contributed by atoms with Crippen LogP contribution in [0.5, 0.6) is 11.5 Å². The molecule has 1 aliphatic heterocycles. The largest absolute Gasteiger partial charge is 0.486 e. The van der Waals surface area contributed by atoms with Gasteiger partial charge in [0.1, 0.15) is 13.2 Å². The molecule has 0 bridgehead atoms. The molecule has 0 unspecified atom stereocenters. The van der Waals surface area contributed by atoms with Crippen molar-refractivity contribution in [1.29, 1.82) is 0 Å². The van der Waals surface area contributed by atoms with E-state index in [4.69, 9.17) is 9.47 Å². The third-order valence-electron chi connectivity index (χ3n) is 3.30. The Morgan fingerprint density at radius 1 is 1.29 bits per heavy atom. The van der Waals surface area contributed by atoms with Crippen LogP contribution in [0, 0.1) is 0 Å². The minimum absolute atomic E-state index is 0.464. The van der Waals surface area contributed by atoms with Crippen LogP contribution in [-0.2, 0) is 6.42 Å². The van der Waals surface area contributed by atoms with Crippen LogP contribution in [0.4, 0.5) is 0 Å². The highest BCUT2D eigenvalue weighted by Gasteiger charge is 2.41. The Morgan fingerprint density at radius 3 is 2.76 bits per heavy atom. The molecule has 0 amide bonds. The summed E-state index contributed by atoms with van der Waals surface area (Å²) < 4.78 is 11.3. The second-order valence-corrected chi connectivity index (χ2v) is 5.50. The minimum Gasteiger partial charge on any atom is -0.486 e. The summed E-state index contributed by atoms with van der Waals surface area (Å²) in [6.07, 6.45) is 4.58. The molecule has 1 aliphatic carbocycles. The van der Waals surface area contributed by atoms with Gasteiger partial charge in [0.15, 0.2) is 11.5 Å². The molecule has 1 saturated carbocycles. The molecule has 1 aromatic rings. The van der Waals surface area contributed by atoms with Crippen LogP contribution < -0.4 is 9.47 Å². The molecule has 1 N–H and O–H groups in total. The van der Waals surface area contributed by atoms with Gasteiger partial charge in [-0.25, -0.2) is 0 Å². The van der Waals surface area contributed by atoms with E-state index in [1.165, 1.54) is 5.56 Å². The number of aliphatic hydroxyl groups is 1. The Labute approximate surface area is 105 Å². The normalized spacial score (nSPS) is 20.1. The summed E-state index contributed by atoms with van der Waals surface area (Å²) in [6.45, 7) is 1.22. The first-order valence-corrected chi connectivity index (χ1v) is 7.12. The fourth-order valence-corrected chi connectivity index (χ4v) is 2.92. The number of hydrogen-bond acceptors (Lipinski definition) is 4. The molecule has 3 nitrogen and oxygen atoms in total. The summed E-state index contributed by atoms with van der Waals surface area (Å²) in [4.78, 5) is 1.11. The van der Waals surface area contributed by atoms with E-state index in [0.717, 1.165) is 35.7 Å². The highest BCUT2D eigenvalue weighted by atomic mass is 32.2. The molecule has 0 spiro atoms. The summed E-state index contributed by atoms with van der Waals surface area (Å²) >= 11 is 1.66. The van der Waals surface area contributed by atoms with Crippen molar-refractivity contribution < 1.29 is 14.6 Å². The fourth-order valence-electron chi connectivity index (χ4n) is 2.17. The monoisotopic (exact) mass is 252 g/mol. The molecular formula is C13H16O3S. The highest BCUT2D eigenvalue weighted by Crippen LogP contribution is 2.45. The average molecular weight is 252 g/mol. The molecule has 0 atom stereocenters. The van der Waals surface area contributed by atoms with Gasteiger partial charge in [0.05, 0.1) is 10.5 Å². The molecule has 1 fully saturated rings. The highest BCUT2D eigenvalue weighted by molar-refractivity contribution is 7.98. The Bertz CT molecular complexity index is 441. The van der Waals surface area contributed by atoms with Crippen LogP contribution in [0.3, 0.4) is 0 Å². The molecule has 0 saturated heterocycles. The van der Waals surface area contributed by atoms with Crippen molar-refractivity contribution in [3.8, 4) is 11.5 Å². The predicted octanol–water partition coefficient (Wildman–Crippen LogP) is 2.25. The van der Waals surface area contributed by atoms with Gasteiger partial charge in [-0.3, -0.25) is 0 Å². The van der Waals surface area contributed by atoms with Gasteiger partial charge in [0.25, 0.3) is 0 Å². The van der Waals surface area contributed by atoms with E-state index in [9.17, 15) is 5.11 Å². The third kappa shape index (κ3) is 2.11. The lowest BCUT2D eigenvalue weighted by atomic mass is 10.1. The molecular weight excluding hydrogens is 236 g/mol. The van der Waals surface area contributed by atoms with Crippen molar-refractivity contribution in [3.05, 3.63) is 17.7 Å². The zero-order valence-corrected chi connectivity index (χ0v) is 10.7. The average Bonchev–Trinajstić information content (AvgIpc) is 3.07. The fraction of sp³-hybridized carbons (Fsp3) is 0.538. The van der Waals surface area contributed by atoms with Crippen LogP contribution >= 0.6 is 11.8 Å². The number of rotatable bonds is 3. The SMILES string of the molecule is CSc1c(CC2(O)CC2)ccc2c1OCCO2. The van der Waals surface area contributed by atoms with E-state index >= 15 is 0 Å². The Hall–Kier alpha value is -0.870. The number of fused-ring (bicyclic) bond motifs is 1. The second-order valence-electron chi connectivity index (χ2n) is 4.68. The van der Waals surface area contributed by atoms with Gasteiger partial charge >= 0.3 is 0 Å². The summed E-state index contributed by atoms with van der Waals surface area (Å²) in [6, 6.07) is 4.00. The molecule has 0 aromatic heterocycles. The van der Waals surface area contributed by atoms with Gasteiger partial charge in [-0.1, -0.05) is 6.07 Å². The molecule has 2 aliphatic rings. The molecule has 3 rings (SSSR count). The number of thioether (sulfide) groups is 1. The standard InChI is InChI=1S/C13H16O3S/c1-17-12-9(8-13(14)4-5-13)2-3-10-11(12)16-7-6-15-10/h2-3,14H,4-8H2,1H3. The Kier molecular flexibility index (Phi) is 2.71. The maximum Gasteiger partial charge on any atom is 0.175 e. The third-order valence-corrected chi connectivity index (χ3v) is 4.15. The van der Waals surface area contributed by atoms with E-state index in [1.54, 1.807) is 11.8 Å². The predicted molar refractivity (Wildman–Crippen MR) is 67.1 cm³/mol. The van der Waals surface area contributed by atoms with Crippen LogP contribution in [0.25, 0.3) is 0 Å².